The summed E-state index contributed by atoms with van der Waals surface area (Å²) in [6.07, 6.45) is -4.73. The van der Waals surface area contributed by atoms with Crippen molar-refractivity contribution in [2.45, 2.75) is 19.7 Å². The first-order valence-corrected chi connectivity index (χ1v) is 9.04. The van der Waals surface area contributed by atoms with Crippen molar-refractivity contribution in [3.05, 3.63) is 89.0 Å². The van der Waals surface area contributed by atoms with Gasteiger partial charge in [0.1, 0.15) is 35.0 Å². The molecular formula is C23H19F3O4. The van der Waals surface area contributed by atoms with Gasteiger partial charge in [-0.25, -0.2) is 4.79 Å². The molecule has 0 heterocycles. The number of methoxy groups -OCH3 is 1. The normalized spacial score (nSPS) is 11.1. The lowest BCUT2D eigenvalue weighted by molar-refractivity contribution is -0.139. The molecule has 4 nitrogen and oxygen atoms in total. The second-order valence-corrected chi connectivity index (χ2v) is 6.43. The molecule has 0 bridgehead atoms. The highest BCUT2D eigenvalue weighted by Gasteiger charge is 2.39. The average Bonchev–Trinajstić information content (AvgIpc) is 2.72. The predicted molar refractivity (Wildman–Crippen MR) is 105 cm³/mol. The number of carbonyl (C=O) groups is 1. The van der Waals surface area contributed by atoms with Crippen molar-refractivity contribution in [3.63, 3.8) is 0 Å². The van der Waals surface area contributed by atoms with Gasteiger partial charge in [-0.1, -0.05) is 48.5 Å². The zero-order valence-electron chi connectivity index (χ0n) is 16.3. The Morgan fingerprint density at radius 1 is 0.933 bits per heavy atom. The fourth-order valence-electron chi connectivity index (χ4n) is 3.02. The van der Waals surface area contributed by atoms with Crippen LogP contribution >= 0.6 is 0 Å². The minimum Gasteiger partial charge on any atom is -0.496 e. The highest BCUT2D eigenvalue weighted by atomic mass is 19.4. The number of esters is 1. The average molecular weight is 416 g/mol. The summed E-state index contributed by atoms with van der Waals surface area (Å²) >= 11 is 0. The monoisotopic (exact) mass is 416 g/mol. The van der Waals surface area contributed by atoms with Crippen LogP contribution in [0.1, 0.15) is 27.0 Å². The highest BCUT2D eigenvalue weighted by molar-refractivity contribution is 5.96. The molecule has 0 saturated carbocycles. The van der Waals surface area contributed by atoms with E-state index in [1.54, 1.807) is 30.3 Å². The summed E-state index contributed by atoms with van der Waals surface area (Å²) in [5.74, 6) is -1.23. The van der Waals surface area contributed by atoms with Crippen LogP contribution in [0.4, 0.5) is 13.2 Å². The highest BCUT2D eigenvalue weighted by Crippen LogP contribution is 2.43. The Morgan fingerprint density at radius 3 is 2.10 bits per heavy atom. The summed E-state index contributed by atoms with van der Waals surface area (Å²) in [7, 11) is 1.13. The number of alkyl halides is 3. The van der Waals surface area contributed by atoms with Crippen LogP contribution in [-0.2, 0) is 12.8 Å². The molecular weight excluding hydrogens is 397 g/mol. The van der Waals surface area contributed by atoms with Crippen LogP contribution in [0.15, 0.2) is 66.7 Å². The van der Waals surface area contributed by atoms with E-state index < -0.39 is 23.5 Å². The molecule has 30 heavy (non-hydrogen) atoms. The Kier molecular flexibility index (Phi) is 6.30. The third-order valence-electron chi connectivity index (χ3n) is 4.40. The van der Waals surface area contributed by atoms with Crippen LogP contribution < -0.4 is 14.2 Å². The van der Waals surface area contributed by atoms with Crippen molar-refractivity contribution in [3.8, 4) is 17.2 Å². The molecule has 0 amide bonds. The standard InChI is InChI=1S/C23H19F3O4/c1-15-20(22(27)30-17-11-7-4-8-12-17)18(29-14-16-9-5-3-6-10-16)13-19(28-2)21(15)23(24,25)26/h3-13H,14H2,1-2H3. The molecule has 0 aromatic heterocycles. The largest absolute Gasteiger partial charge is 0.496 e. The topological polar surface area (TPSA) is 44.8 Å². The zero-order valence-corrected chi connectivity index (χ0v) is 16.3. The molecule has 0 unspecified atom stereocenters. The van der Waals surface area contributed by atoms with Gasteiger partial charge in [0.25, 0.3) is 0 Å². The SMILES string of the molecule is COc1cc(OCc2ccccc2)c(C(=O)Oc2ccccc2)c(C)c1C(F)(F)F. The van der Waals surface area contributed by atoms with E-state index in [2.05, 4.69) is 0 Å². The summed E-state index contributed by atoms with van der Waals surface area (Å²) in [5.41, 5.74) is -0.887. The molecule has 3 aromatic rings. The Hall–Kier alpha value is -3.48. The van der Waals surface area contributed by atoms with E-state index in [1.165, 1.54) is 19.1 Å². The van der Waals surface area contributed by atoms with E-state index >= 15 is 0 Å². The number of rotatable bonds is 6. The van der Waals surface area contributed by atoms with Gasteiger partial charge < -0.3 is 14.2 Å². The van der Waals surface area contributed by atoms with Crippen molar-refractivity contribution in [2.24, 2.45) is 0 Å². The fraction of sp³-hybridized carbons (Fsp3) is 0.174. The van der Waals surface area contributed by atoms with Crippen molar-refractivity contribution in [1.29, 1.82) is 0 Å². The number of ether oxygens (including phenoxy) is 3. The van der Waals surface area contributed by atoms with Gasteiger partial charge in [-0.05, 0) is 30.2 Å². The van der Waals surface area contributed by atoms with Gasteiger partial charge in [0.15, 0.2) is 0 Å². The molecule has 0 radical (unpaired) electrons. The van der Waals surface area contributed by atoms with Crippen LogP contribution in [-0.4, -0.2) is 13.1 Å². The van der Waals surface area contributed by atoms with Crippen molar-refractivity contribution >= 4 is 5.97 Å². The third-order valence-corrected chi connectivity index (χ3v) is 4.40. The number of benzene rings is 3. The second kappa shape index (κ2) is 8.90. The fourth-order valence-corrected chi connectivity index (χ4v) is 3.02. The molecule has 3 aromatic carbocycles. The summed E-state index contributed by atoms with van der Waals surface area (Å²) in [6.45, 7) is 1.25. The first-order valence-electron chi connectivity index (χ1n) is 9.04. The van der Waals surface area contributed by atoms with Crippen LogP contribution in [0.2, 0.25) is 0 Å². The molecule has 156 valence electrons. The Labute approximate surface area is 171 Å². The Bertz CT molecular complexity index is 1020. The van der Waals surface area contributed by atoms with Crippen LogP contribution in [0, 0.1) is 6.92 Å². The molecule has 0 fully saturated rings. The van der Waals surface area contributed by atoms with Crippen LogP contribution in [0.25, 0.3) is 0 Å². The van der Waals surface area contributed by atoms with Crippen molar-refractivity contribution < 1.29 is 32.2 Å². The van der Waals surface area contributed by atoms with Gasteiger partial charge in [-0.2, -0.15) is 13.2 Å². The van der Waals surface area contributed by atoms with E-state index in [9.17, 15) is 18.0 Å². The Morgan fingerprint density at radius 2 is 1.53 bits per heavy atom. The predicted octanol–water partition coefficient (Wildman–Crippen LogP) is 5.82. The molecule has 0 N–H and O–H groups in total. The Balaban J connectivity index is 2.06. The van der Waals surface area contributed by atoms with E-state index in [4.69, 9.17) is 14.2 Å². The van der Waals surface area contributed by atoms with E-state index in [0.717, 1.165) is 18.7 Å². The molecule has 0 saturated heterocycles. The molecule has 7 heteroatoms. The quantitative estimate of drug-likeness (QED) is 0.375. The second-order valence-electron chi connectivity index (χ2n) is 6.43. The number of halogens is 3. The van der Waals surface area contributed by atoms with Crippen LogP contribution in [0.3, 0.4) is 0 Å². The van der Waals surface area contributed by atoms with E-state index in [-0.39, 0.29) is 29.2 Å². The minimum absolute atomic E-state index is 0.0536. The first-order chi connectivity index (χ1) is 14.3. The summed E-state index contributed by atoms with van der Waals surface area (Å²) in [4.78, 5) is 12.8. The molecule has 3 rings (SSSR count). The summed E-state index contributed by atoms with van der Waals surface area (Å²) in [5, 5.41) is 0. The number of hydrogen-bond acceptors (Lipinski definition) is 4. The summed E-state index contributed by atoms with van der Waals surface area (Å²) in [6, 6.07) is 18.2. The zero-order chi connectivity index (χ0) is 21.7. The smallest absolute Gasteiger partial charge is 0.420 e. The van der Waals surface area contributed by atoms with Gasteiger partial charge in [-0.15, -0.1) is 0 Å². The maximum Gasteiger partial charge on any atom is 0.420 e. The number of hydrogen-bond donors (Lipinski definition) is 0. The van der Waals surface area contributed by atoms with E-state index in [0.29, 0.717) is 0 Å². The van der Waals surface area contributed by atoms with E-state index in [1.807, 2.05) is 18.2 Å². The summed E-state index contributed by atoms with van der Waals surface area (Å²) < 4.78 is 57.0. The van der Waals surface area contributed by atoms with Crippen molar-refractivity contribution in [2.75, 3.05) is 7.11 Å². The van der Waals surface area contributed by atoms with Crippen molar-refractivity contribution in [1.82, 2.24) is 0 Å². The van der Waals surface area contributed by atoms with Gasteiger partial charge in [0, 0.05) is 6.07 Å². The molecule has 0 aliphatic carbocycles. The first kappa shape index (κ1) is 21.2. The van der Waals surface area contributed by atoms with Gasteiger partial charge in [-0.3, -0.25) is 0 Å². The van der Waals surface area contributed by atoms with Gasteiger partial charge in [0.05, 0.1) is 7.11 Å². The third kappa shape index (κ3) is 4.74. The lowest BCUT2D eigenvalue weighted by Crippen LogP contribution is -2.18. The maximum atomic E-state index is 13.7. The lowest BCUT2D eigenvalue weighted by atomic mass is 9.99. The minimum atomic E-state index is -4.73. The molecule has 0 atom stereocenters. The number of carbonyl (C=O) groups excluding carboxylic acids is 1. The molecule has 0 aliphatic rings. The number of para-hydroxylation sites is 1. The van der Waals surface area contributed by atoms with Crippen LogP contribution in [0.5, 0.6) is 17.2 Å². The molecule has 0 spiro atoms. The van der Waals surface area contributed by atoms with Gasteiger partial charge >= 0.3 is 12.1 Å². The lowest BCUT2D eigenvalue weighted by Gasteiger charge is -2.20. The van der Waals surface area contributed by atoms with Gasteiger partial charge in [0.2, 0.25) is 0 Å². The molecule has 0 aliphatic heterocycles. The maximum absolute atomic E-state index is 13.7.